The lowest BCUT2D eigenvalue weighted by Crippen LogP contribution is -2.16. The molecule has 1 aliphatic rings. The van der Waals surface area contributed by atoms with E-state index < -0.39 is 0 Å². The van der Waals surface area contributed by atoms with Gasteiger partial charge in [0, 0.05) is 69.9 Å². The number of rotatable bonds is 6. The Hall–Kier alpha value is -7.72. The number of hydrogen-bond donors (Lipinski definition) is 0. The molecule has 0 amide bonds. The lowest BCUT2D eigenvalue weighted by molar-refractivity contribution is 0.660. The van der Waals surface area contributed by atoms with Gasteiger partial charge >= 0.3 is 0 Å². The van der Waals surface area contributed by atoms with Crippen LogP contribution >= 0.6 is 11.3 Å². The van der Waals surface area contributed by atoms with E-state index in [0.717, 1.165) is 22.7 Å². The lowest BCUT2D eigenvalue weighted by atomic mass is 9.82. The second kappa shape index (κ2) is 14.2. The molecule has 12 aromatic rings. The van der Waals surface area contributed by atoms with Crippen LogP contribution in [0.4, 0.5) is 17.1 Å². The molecule has 2 heterocycles. The molecule has 64 heavy (non-hydrogen) atoms. The van der Waals surface area contributed by atoms with Crippen LogP contribution < -0.4 is 4.90 Å². The Morgan fingerprint density at radius 3 is 1.75 bits per heavy atom. The standard InChI is InChI=1S/C61H42N2S/c1-61(2)53-25-15-14-22-47(53)48-33-31-45(37-54(48)61)62(44-29-26-41(27-30-44)39-16-6-3-7-17-39)46-32-34-51-55(38-46)63(43-20-10-5-11-21-43)59-49-23-12-13-24-50(49)60-58(57(51)59)52-36-42(28-35-56(52)64-60)40-18-8-4-9-19-40/h3-38H,1-2H3. The lowest BCUT2D eigenvalue weighted by Gasteiger charge is -2.28. The van der Waals surface area contributed by atoms with Crippen LogP contribution in [0.1, 0.15) is 25.0 Å². The first-order chi connectivity index (χ1) is 31.5. The van der Waals surface area contributed by atoms with Gasteiger partial charge in [0.15, 0.2) is 0 Å². The van der Waals surface area contributed by atoms with E-state index in [2.05, 4.69) is 242 Å². The third-order valence-electron chi connectivity index (χ3n) is 13.8. The average Bonchev–Trinajstić information content (AvgIpc) is 3.98. The fourth-order valence-corrected chi connectivity index (χ4v) is 11.9. The highest BCUT2D eigenvalue weighted by atomic mass is 32.1. The van der Waals surface area contributed by atoms with Gasteiger partial charge in [-0.25, -0.2) is 0 Å². The SMILES string of the molecule is CC1(C)c2ccccc2-c2ccc(N(c3ccc(-c4ccccc4)cc3)c3ccc4c5c6c7cc(-c8ccccc8)ccc7sc6c6ccccc6c5n(-c5ccccc5)c4c3)cc21. The van der Waals surface area contributed by atoms with Crippen LogP contribution in [0, 0.1) is 0 Å². The molecule has 13 rings (SSSR count). The van der Waals surface area contributed by atoms with Crippen LogP contribution in [0.2, 0.25) is 0 Å². The maximum absolute atomic E-state index is 2.53. The summed E-state index contributed by atoms with van der Waals surface area (Å²) >= 11 is 1.91. The summed E-state index contributed by atoms with van der Waals surface area (Å²) in [5, 5.41) is 7.71. The van der Waals surface area contributed by atoms with Crippen molar-refractivity contribution in [2.45, 2.75) is 19.3 Å². The van der Waals surface area contributed by atoms with Crippen molar-refractivity contribution in [2.75, 3.05) is 4.90 Å². The summed E-state index contributed by atoms with van der Waals surface area (Å²) in [4.78, 5) is 2.46. The Morgan fingerprint density at radius 2 is 0.984 bits per heavy atom. The van der Waals surface area contributed by atoms with Gasteiger partial charge in [0.05, 0.1) is 11.0 Å². The minimum Gasteiger partial charge on any atom is -0.310 e. The molecule has 0 N–H and O–H groups in total. The molecular weight excluding hydrogens is 793 g/mol. The molecular formula is C61H42N2S. The van der Waals surface area contributed by atoms with E-state index in [0.29, 0.717) is 0 Å². The Labute approximate surface area is 376 Å². The fourth-order valence-electron chi connectivity index (χ4n) is 10.7. The number of benzene rings is 10. The highest BCUT2D eigenvalue weighted by Crippen LogP contribution is 2.52. The number of anilines is 3. The molecule has 0 radical (unpaired) electrons. The Morgan fingerprint density at radius 1 is 0.406 bits per heavy atom. The third kappa shape index (κ3) is 5.51. The van der Waals surface area contributed by atoms with Gasteiger partial charge < -0.3 is 9.47 Å². The molecule has 0 aliphatic heterocycles. The van der Waals surface area contributed by atoms with Gasteiger partial charge in [-0.15, -0.1) is 11.3 Å². The summed E-state index contributed by atoms with van der Waals surface area (Å²) < 4.78 is 5.16. The number of hydrogen-bond acceptors (Lipinski definition) is 2. The maximum Gasteiger partial charge on any atom is 0.0626 e. The van der Waals surface area contributed by atoms with Gasteiger partial charge in [0.25, 0.3) is 0 Å². The zero-order chi connectivity index (χ0) is 42.5. The average molecular weight is 835 g/mol. The Balaban J connectivity index is 1.10. The van der Waals surface area contributed by atoms with E-state index in [4.69, 9.17) is 0 Å². The summed E-state index contributed by atoms with van der Waals surface area (Å²) in [6, 6.07) is 80.7. The van der Waals surface area contributed by atoms with Crippen LogP contribution in [0.5, 0.6) is 0 Å². The molecule has 2 nitrogen and oxygen atoms in total. The van der Waals surface area contributed by atoms with Gasteiger partial charge in [0.1, 0.15) is 0 Å². The van der Waals surface area contributed by atoms with Crippen molar-refractivity contribution >= 4 is 81.1 Å². The minimum absolute atomic E-state index is 0.134. The number of fused-ring (bicyclic) bond motifs is 13. The molecule has 0 atom stereocenters. The molecule has 0 saturated heterocycles. The Kier molecular flexibility index (Phi) is 8.16. The van der Waals surface area contributed by atoms with Crippen LogP contribution in [0.25, 0.3) is 91.8 Å². The van der Waals surface area contributed by atoms with Crippen LogP contribution in [-0.4, -0.2) is 4.57 Å². The molecule has 0 spiro atoms. The van der Waals surface area contributed by atoms with Crippen LogP contribution in [0.15, 0.2) is 218 Å². The number of nitrogens with zero attached hydrogens (tertiary/aromatic N) is 2. The van der Waals surface area contributed by atoms with Gasteiger partial charge in [-0.1, -0.05) is 172 Å². The molecule has 2 aromatic heterocycles. The highest BCUT2D eigenvalue weighted by molar-refractivity contribution is 7.27. The topological polar surface area (TPSA) is 8.17 Å². The van der Waals surface area contributed by atoms with Gasteiger partial charge in [-0.3, -0.25) is 0 Å². The highest BCUT2D eigenvalue weighted by Gasteiger charge is 2.36. The van der Waals surface area contributed by atoms with Crippen molar-refractivity contribution in [3.05, 3.63) is 230 Å². The first-order valence-corrected chi connectivity index (χ1v) is 23.0. The second-order valence-electron chi connectivity index (χ2n) is 17.7. The minimum atomic E-state index is -0.134. The predicted molar refractivity (Wildman–Crippen MR) is 274 cm³/mol. The maximum atomic E-state index is 2.53. The summed E-state index contributed by atoms with van der Waals surface area (Å²) in [5.41, 5.74) is 17.0. The van der Waals surface area contributed by atoms with Gasteiger partial charge in [0.2, 0.25) is 0 Å². The van der Waals surface area contributed by atoms with E-state index in [1.54, 1.807) is 0 Å². The predicted octanol–water partition coefficient (Wildman–Crippen LogP) is 17.4. The summed E-state index contributed by atoms with van der Waals surface area (Å²) in [5.74, 6) is 0. The molecule has 0 unspecified atom stereocenters. The monoisotopic (exact) mass is 834 g/mol. The number of thiophene rings is 1. The summed E-state index contributed by atoms with van der Waals surface area (Å²) in [7, 11) is 0. The molecule has 302 valence electrons. The van der Waals surface area contributed by atoms with Crippen molar-refractivity contribution in [1.29, 1.82) is 0 Å². The summed E-state index contributed by atoms with van der Waals surface area (Å²) in [6.45, 7) is 4.74. The van der Waals surface area contributed by atoms with Crippen LogP contribution in [-0.2, 0) is 5.41 Å². The summed E-state index contributed by atoms with van der Waals surface area (Å²) in [6.07, 6.45) is 0. The smallest absolute Gasteiger partial charge is 0.0626 e. The van der Waals surface area contributed by atoms with Crippen molar-refractivity contribution < 1.29 is 0 Å². The normalized spacial score (nSPS) is 13.0. The van der Waals surface area contributed by atoms with Crippen molar-refractivity contribution in [1.82, 2.24) is 4.57 Å². The van der Waals surface area contributed by atoms with Gasteiger partial charge in [-0.2, -0.15) is 0 Å². The van der Waals surface area contributed by atoms with E-state index >= 15 is 0 Å². The van der Waals surface area contributed by atoms with Crippen LogP contribution in [0.3, 0.4) is 0 Å². The van der Waals surface area contributed by atoms with E-state index in [1.807, 2.05) is 11.3 Å². The first-order valence-electron chi connectivity index (χ1n) is 22.2. The quantitative estimate of drug-likeness (QED) is 0.162. The molecule has 0 bridgehead atoms. The number of aromatic nitrogens is 1. The zero-order valence-electron chi connectivity index (χ0n) is 35.6. The fraction of sp³-hybridized carbons (Fsp3) is 0.0492. The van der Waals surface area contributed by atoms with Crippen molar-refractivity contribution in [3.63, 3.8) is 0 Å². The van der Waals surface area contributed by atoms with E-state index in [1.165, 1.54) is 97.3 Å². The number of para-hydroxylation sites is 1. The Bertz CT molecular complexity index is 3780. The third-order valence-corrected chi connectivity index (χ3v) is 15.0. The van der Waals surface area contributed by atoms with E-state index in [-0.39, 0.29) is 5.41 Å². The first kappa shape index (κ1) is 36.9. The van der Waals surface area contributed by atoms with Crippen molar-refractivity contribution in [3.8, 4) is 39.1 Å². The molecule has 3 heteroatoms. The van der Waals surface area contributed by atoms with Gasteiger partial charge in [-0.05, 0) is 105 Å². The zero-order valence-corrected chi connectivity index (χ0v) is 36.4. The van der Waals surface area contributed by atoms with E-state index in [9.17, 15) is 0 Å². The largest absolute Gasteiger partial charge is 0.310 e. The van der Waals surface area contributed by atoms with Crippen molar-refractivity contribution in [2.24, 2.45) is 0 Å². The molecule has 0 fully saturated rings. The molecule has 0 saturated carbocycles. The molecule has 1 aliphatic carbocycles. The second-order valence-corrected chi connectivity index (χ2v) is 18.7. The molecule has 10 aromatic carbocycles.